The molecule has 1 aromatic carbocycles. The Morgan fingerprint density at radius 3 is 2.89 bits per heavy atom. The van der Waals surface area contributed by atoms with Crippen LogP contribution in [-0.4, -0.2) is 21.5 Å². The van der Waals surface area contributed by atoms with Crippen LogP contribution in [0, 0.1) is 11.3 Å². The molecule has 0 saturated carbocycles. The van der Waals surface area contributed by atoms with E-state index in [-0.39, 0.29) is 11.4 Å². The smallest absolute Gasteiger partial charge is 0.404 e. The molecule has 18 heavy (non-hydrogen) atoms. The molecule has 0 saturated heterocycles. The van der Waals surface area contributed by atoms with E-state index in [2.05, 4.69) is 15.4 Å². The van der Waals surface area contributed by atoms with Gasteiger partial charge < -0.3 is 9.47 Å². The third kappa shape index (κ3) is 1.55. The van der Waals surface area contributed by atoms with Crippen LogP contribution in [0.3, 0.4) is 0 Å². The van der Waals surface area contributed by atoms with Crippen molar-refractivity contribution in [1.29, 1.82) is 5.26 Å². The number of rotatable bonds is 1. The summed E-state index contributed by atoms with van der Waals surface area (Å²) in [5, 5.41) is 18.8. The van der Waals surface area contributed by atoms with Crippen molar-refractivity contribution in [2.24, 2.45) is 0 Å². The number of nitrogens with zero attached hydrogens (tertiary/aromatic N) is 3. The first-order valence-corrected chi connectivity index (χ1v) is 5.11. The Labute approximate surface area is 101 Å². The zero-order valence-electron chi connectivity index (χ0n) is 9.27. The predicted molar refractivity (Wildman–Crippen MR) is 57.3 cm³/mol. The normalized spacial score (nSPS) is 20.7. The molecule has 0 spiro atoms. The van der Waals surface area contributed by atoms with Crippen molar-refractivity contribution in [2.45, 2.75) is 13.0 Å². The molecule has 90 valence electrons. The SMILES string of the molecule is CC1(F)Oc2ccc(-c3n[nH]nc3C#N)cc2O1. The molecule has 1 aliphatic rings. The third-order valence-corrected chi connectivity index (χ3v) is 2.46. The highest BCUT2D eigenvalue weighted by atomic mass is 19.2. The van der Waals surface area contributed by atoms with Gasteiger partial charge in [-0.25, -0.2) is 0 Å². The maximum atomic E-state index is 13.5. The van der Waals surface area contributed by atoms with Gasteiger partial charge in [0.15, 0.2) is 17.2 Å². The summed E-state index contributed by atoms with van der Waals surface area (Å²) in [5.74, 6) is 0.579. The monoisotopic (exact) mass is 246 g/mol. The summed E-state index contributed by atoms with van der Waals surface area (Å²) in [7, 11) is 0. The third-order valence-electron chi connectivity index (χ3n) is 2.46. The number of aromatic amines is 1. The van der Waals surface area contributed by atoms with Gasteiger partial charge in [-0.2, -0.15) is 20.0 Å². The number of benzene rings is 1. The van der Waals surface area contributed by atoms with E-state index in [1.165, 1.54) is 6.92 Å². The lowest BCUT2D eigenvalue weighted by Gasteiger charge is -2.10. The van der Waals surface area contributed by atoms with Crippen molar-refractivity contribution >= 4 is 0 Å². The fourth-order valence-electron chi connectivity index (χ4n) is 1.74. The quantitative estimate of drug-likeness (QED) is 0.828. The molecule has 7 heteroatoms. The Bertz CT molecular complexity index is 659. The molecule has 6 nitrogen and oxygen atoms in total. The number of nitriles is 1. The first-order valence-electron chi connectivity index (χ1n) is 5.11. The minimum atomic E-state index is -2.16. The summed E-state index contributed by atoms with van der Waals surface area (Å²) in [5.41, 5.74) is 1.15. The molecule has 1 aliphatic heterocycles. The second-order valence-corrected chi connectivity index (χ2v) is 3.83. The summed E-state index contributed by atoms with van der Waals surface area (Å²) < 4.78 is 23.4. The van der Waals surface area contributed by atoms with Crippen LogP contribution in [-0.2, 0) is 0 Å². The summed E-state index contributed by atoms with van der Waals surface area (Å²) >= 11 is 0. The van der Waals surface area contributed by atoms with Crippen LogP contribution in [0.25, 0.3) is 11.3 Å². The van der Waals surface area contributed by atoms with Crippen molar-refractivity contribution in [2.75, 3.05) is 0 Å². The van der Waals surface area contributed by atoms with Crippen molar-refractivity contribution < 1.29 is 13.9 Å². The van der Waals surface area contributed by atoms with Gasteiger partial charge in [0, 0.05) is 12.5 Å². The van der Waals surface area contributed by atoms with E-state index in [0.717, 1.165) is 0 Å². The molecule has 1 atom stereocenters. The summed E-state index contributed by atoms with van der Waals surface area (Å²) in [6.07, 6.45) is 0. The molecule has 0 aliphatic carbocycles. The van der Waals surface area contributed by atoms with Crippen LogP contribution >= 0.6 is 0 Å². The largest absolute Gasteiger partial charge is 0.423 e. The lowest BCUT2D eigenvalue weighted by atomic mass is 10.1. The zero-order chi connectivity index (χ0) is 12.8. The number of aromatic nitrogens is 3. The minimum absolute atomic E-state index is 0.164. The van der Waals surface area contributed by atoms with E-state index < -0.39 is 6.04 Å². The molecule has 0 amide bonds. The molecule has 1 unspecified atom stereocenters. The van der Waals surface area contributed by atoms with E-state index in [1.807, 2.05) is 6.07 Å². The van der Waals surface area contributed by atoms with Gasteiger partial charge in [-0.3, -0.25) is 0 Å². The van der Waals surface area contributed by atoms with Crippen molar-refractivity contribution in [3.05, 3.63) is 23.9 Å². The Balaban J connectivity index is 2.06. The van der Waals surface area contributed by atoms with Gasteiger partial charge >= 0.3 is 6.04 Å². The van der Waals surface area contributed by atoms with Crippen LogP contribution in [0.15, 0.2) is 18.2 Å². The average molecular weight is 246 g/mol. The number of ether oxygens (including phenoxy) is 2. The van der Waals surface area contributed by atoms with Gasteiger partial charge in [0.05, 0.1) is 0 Å². The Kier molecular flexibility index (Phi) is 2.01. The molecule has 0 radical (unpaired) electrons. The number of alkyl halides is 1. The molecular weight excluding hydrogens is 239 g/mol. The summed E-state index contributed by atoms with van der Waals surface area (Å²) in [6.45, 7) is 1.17. The molecule has 1 N–H and O–H groups in total. The van der Waals surface area contributed by atoms with Gasteiger partial charge in [-0.1, -0.05) is 0 Å². The van der Waals surface area contributed by atoms with Gasteiger partial charge in [0.2, 0.25) is 0 Å². The van der Waals surface area contributed by atoms with E-state index >= 15 is 0 Å². The first-order chi connectivity index (χ1) is 8.59. The Morgan fingerprint density at radius 1 is 1.33 bits per heavy atom. The maximum Gasteiger partial charge on any atom is 0.404 e. The highest BCUT2D eigenvalue weighted by molar-refractivity contribution is 5.68. The fraction of sp³-hybridized carbons (Fsp3) is 0.182. The number of fused-ring (bicyclic) bond motifs is 1. The lowest BCUT2D eigenvalue weighted by Crippen LogP contribution is -2.27. The number of hydrogen-bond donors (Lipinski definition) is 1. The predicted octanol–water partition coefficient (Wildman–Crippen LogP) is 1.76. The highest BCUT2D eigenvalue weighted by Crippen LogP contribution is 2.42. The van der Waals surface area contributed by atoms with Gasteiger partial charge in [-0.15, -0.1) is 5.10 Å². The van der Waals surface area contributed by atoms with Gasteiger partial charge in [0.1, 0.15) is 11.8 Å². The van der Waals surface area contributed by atoms with Crippen LogP contribution in [0.2, 0.25) is 0 Å². The molecule has 2 heterocycles. The van der Waals surface area contributed by atoms with Gasteiger partial charge in [-0.05, 0) is 18.2 Å². The Morgan fingerprint density at radius 2 is 2.11 bits per heavy atom. The molecule has 0 fully saturated rings. The molecular formula is C11H7FN4O2. The van der Waals surface area contributed by atoms with E-state index in [9.17, 15) is 4.39 Å². The lowest BCUT2D eigenvalue weighted by molar-refractivity contribution is -0.173. The van der Waals surface area contributed by atoms with E-state index in [4.69, 9.17) is 14.7 Å². The molecule has 2 aromatic rings. The molecule has 0 bridgehead atoms. The number of hydrogen-bond acceptors (Lipinski definition) is 5. The molecule has 1 aromatic heterocycles. The summed E-state index contributed by atoms with van der Waals surface area (Å²) in [6, 6.07) is 4.51. The number of nitrogens with one attached hydrogen (secondary N) is 1. The number of halogens is 1. The van der Waals surface area contributed by atoms with Crippen LogP contribution < -0.4 is 9.47 Å². The first kappa shape index (κ1) is 10.5. The number of H-pyrrole nitrogens is 1. The van der Waals surface area contributed by atoms with Crippen molar-refractivity contribution in [3.63, 3.8) is 0 Å². The van der Waals surface area contributed by atoms with E-state index in [0.29, 0.717) is 17.0 Å². The second kappa shape index (κ2) is 3.43. The van der Waals surface area contributed by atoms with Gasteiger partial charge in [0.25, 0.3) is 0 Å². The second-order valence-electron chi connectivity index (χ2n) is 3.83. The van der Waals surface area contributed by atoms with Crippen LogP contribution in [0.4, 0.5) is 4.39 Å². The van der Waals surface area contributed by atoms with E-state index in [1.54, 1.807) is 18.2 Å². The van der Waals surface area contributed by atoms with Crippen molar-refractivity contribution in [1.82, 2.24) is 15.4 Å². The molecule has 3 rings (SSSR count). The zero-order valence-corrected chi connectivity index (χ0v) is 9.27. The average Bonchev–Trinajstić information content (AvgIpc) is 2.88. The minimum Gasteiger partial charge on any atom is -0.423 e. The maximum absolute atomic E-state index is 13.5. The van der Waals surface area contributed by atoms with Crippen LogP contribution in [0.5, 0.6) is 11.5 Å². The summed E-state index contributed by atoms with van der Waals surface area (Å²) in [4.78, 5) is 0. The fourth-order valence-corrected chi connectivity index (χ4v) is 1.74. The van der Waals surface area contributed by atoms with Crippen molar-refractivity contribution in [3.8, 4) is 28.8 Å². The van der Waals surface area contributed by atoms with Crippen LogP contribution in [0.1, 0.15) is 12.6 Å². The topological polar surface area (TPSA) is 83.8 Å². The Hall–Kier alpha value is -2.62. The highest BCUT2D eigenvalue weighted by Gasteiger charge is 2.37. The standard InChI is InChI=1S/C11H7FN4O2/c1-11(12)17-8-3-2-6(4-9(8)18-11)10-7(5-13)14-16-15-10/h2-4H,1H3,(H,14,15,16).